The molecule has 1 aromatic heterocycles. The van der Waals surface area contributed by atoms with E-state index in [0.29, 0.717) is 19.1 Å². The van der Waals surface area contributed by atoms with E-state index in [4.69, 9.17) is 10.5 Å². The van der Waals surface area contributed by atoms with Crippen molar-refractivity contribution >= 4 is 26.4 Å². The van der Waals surface area contributed by atoms with E-state index in [-0.39, 0.29) is 11.5 Å². The fourth-order valence-electron chi connectivity index (χ4n) is 4.88. The summed E-state index contributed by atoms with van der Waals surface area (Å²) in [5, 5.41) is 1.14. The molecular weight excluding hydrogens is 410 g/mol. The Morgan fingerprint density at radius 2 is 1.71 bits per heavy atom. The van der Waals surface area contributed by atoms with Gasteiger partial charge in [0.1, 0.15) is 0 Å². The second-order valence-corrected chi connectivity index (χ2v) is 11.0. The molecular formula is C24H29N3O3S. The molecule has 6 nitrogen and oxygen atoms in total. The number of rotatable bonds is 4. The normalized spacial score (nSPS) is 20.3. The number of nitrogens with zero attached hydrogens (tertiary/aromatic N) is 2. The molecule has 2 fully saturated rings. The molecule has 2 aliphatic rings. The third-order valence-electron chi connectivity index (χ3n) is 6.49. The molecule has 7 heteroatoms. The first-order chi connectivity index (χ1) is 15.0. The van der Waals surface area contributed by atoms with E-state index < -0.39 is 9.84 Å². The summed E-state index contributed by atoms with van der Waals surface area (Å²) in [5.41, 5.74) is 12.0. The Hall–Kier alpha value is -2.35. The number of hydrogen-bond acceptors (Lipinski definition) is 5. The summed E-state index contributed by atoms with van der Waals surface area (Å²) in [7, 11) is -2.88. The van der Waals surface area contributed by atoms with Gasteiger partial charge in [0.2, 0.25) is 0 Å². The van der Waals surface area contributed by atoms with Crippen molar-refractivity contribution in [2.75, 3.05) is 43.5 Å². The Morgan fingerprint density at radius 3 is 2.42 bits per heavy atom. The molecule has 0 atom stereocenters. The van der Waals surface area contributed by atoms with Crippen molar-refractivity contribution in [3.8, 4) is 11.3 Å². The van der Waals surface area contributed by atoms with E-state index in [0.717, 1.165) is 54.8 Å². The highest BCUT2D eigenvalue weighted by atomic mass is 32.2. The summed E-state index contributed by atoms with van der Waals surface area (Å²) in [6.45, 7) is 3.43. The average molecular weight is 440 g/mol. The number of nitrogen functional groups attached to an aromatic ring is 1. The highest BCUT2D eigenvalue weighted by Crippen LogP contribution is 2.38. The van der Waals surface area contributed by atoms with Crippen molar-refractivity contribution in [3.63, 3.8) is 0 Å². The summed E-state index contributed by atoms with van der Waals surface area (Å²) >= 11 is 0. The van der Waals surface area contributed by atoms with Gasteiger partial charge in [0.25, 0.3) is 0 Å². The van der Waals surface area contributed by atoms with Gasteiger partial charge in [-0.25, -0.2) is 8.42 Å². The minimum absolute atomic E-state index is 0.239. The molecule has 0 aliphatic carbocycles. The standard InChI is InChI=1S/C24H29N3O3S/c25-22-15-18(17-26-8-12-31(28,29)13-9-26)14-20-16-23(19-4-2-1-3-5-19)27(24(20)22)21-6-10-30-11-7-21/h1-5,14-16,21H,6-13,17,25H2. The van der Waals surface area contributed by atoms with Gasteiger partial charge in [0, 0.05) is 50.0 Å². The first-order valence-electron chi connectivity index (χ1n) is 11.0. The maximum atomic E-state index is 11.7. The molecule has 2 N–H and O–H groups in total. The van der Waals surface area contributed by atoms with Crippen LogP contribution in [0.4, 0.5) is 5.69 Å². The summed E-state index contributed by atoms with van der Waals surface area (Å²) < 4.78 is 31.5. The van der Waals surface area contributed by atoms with Crippen molar-refractivity contribution in [3.05, 3.63) is 54.1 Å². The number of aromatic nitrogens is 1. The smallest absolute Gasteiger partial charge is 0.152 e. The lowest BCUT2D eigenvalue weighted by Crippen LogP contribution is -2.39. The minimum Gasteiger partial charge on any atom is -0.397 e. The zero-order chi connectivity index (χ0) is 21.4. The number of sulfone groups is 1. The highest BCUT2D eigenvalue weighted by Gasteiger charge is 2.24. The number of benzene rings is 2. The lowest BCUT2D eigenvalue weighted by molar-refractivity contribution is 0.0711. The molecule has 5 rings (SSSR count). The van der Waals surface area contributed by atoms with Gasteiger partial charge >= 0.3 is 0 Å². The predicted molar refractivity (Wildman–Crippen MR) is 125 cm³/mol. The highest BCUT2D eigenvalue weighted by molar-refractivity contribution is 7.91. The van der Waals surface area contributed by atoms with Gasteiger partial charge < -0.3 is 15.0 Å². The van der Waals surface area contributed by atoms with Gasteiger partial charge in [0.05, 0.1) is 22.7 Å². The van der Waals surface area contributed by atoms with E-state index in [1.165, 1.54) is 11.3 Å². The molecule has 2 aromatic carbocycles. The van der Waals surface area contributed by atoms with Crippen molar-refractivity contribution in [1.29, 1.82) is 0 Å². The van der Waals surface area contributed by atoms with Crippen molar-refractivity contribution in [2.45, 2.75) is 25.4 Å². The van der Waals surface area contributed by atoms with Gasteiger partial charge in [-0.2, -0.15) is 0 Å². The van der Waals surface area contributed by atoms with Gasteiger partial charge in [-0.15, -0.1) is 0 Å². The molecule has 2 saturated heterocycles. The van der Waals surface area contributed by atoms with Crippen LogP contribution in [0.1, 0.15) is 24.4 Å². The van der Waals surface area contributed by atoms with E-state index in [1.807, 2.05) is 6.07 Å². The second-order valence-electron chi connectivity index (χ2n) is 8.66. The fraction of sp³-hybridized carbons (Fsp3) is 0.417. The Kier molecular flexibility index (Phi) is 5.50. The maximum Gasteiger partial charge on any atom is 0.152 e. The number of ether oxygens (including phenoxy) is 1. The number of hydrogen-bond donors (Lipinski definition) is 1. The van der Waals surface area contributed by atoms with Crippen molar-refractivity contribution in [1.82, 2.24) is 9.47 Å². The lowest BCUT2D eigenvalue weighted by atomic mass is 10.1. The monoisotopic (exact) mass is 439 g/mol. The zero-order valence-corrected chi connectivity index (χ0v) is 18.5. The first kappa shape index (κ1) is 20.5. The van der Waals surface area contributed by atoms with Crippen LogP contribution in [0.2, 0.25) is 0 Å². The van der Waals surface area contributed by atoms with Gasteiger partial charge in [0.15, 0.2) is 9.84 Å². The third-order valence-corrected chi connectivity index (χ3v) is 8.10. The van der Waals surface area contributed by atoms with Crippen molar-refractivity contribution < 1.29 is 13.2 Å². The molecule has 0 unspecified atom stereocenters. The average Bonchev–Trinajstić information content (AvgIpc) is 3.17. The van der Waals surface area contributed by atoms with Crippen LogP contribution >= 0.6 is 0 Å². The number of nitrogens with two attached hydrogens (primary N) is 1. The third kappa shape index (κ3) is 4.22. The van der Waals surface area contributed by atoms with Crippen LogP contribution in [0, 0.1) is 0 Å². The zero-order valence-electron chi connectivity index (χ0n) is 17.7. The number of fused-ring (bicyclic) bond motifs is 1. The topological polar surface area (TPSA) is 77.6 Å². The molecule has 0 saturated carbocycles. The van der Waals surface area contributed by atoms with Crippen LogP contribution in [0.25, 0.3) is 22.2 Å². The van der Waals surface area contributed by atoms with Crippen LogP contribution < -0.4 is 5.73 Å². The van der Waals surface area contributed by atoms with Crippen LogP contribution in [0.15, 0.2) is 48.5 Å². The van der Waals surface area contributed by atoms with Gasteiger partial charge in [-0.1, -0.05) is 30.3 Å². The Bertz CT molecular complexity index is 1170. The number of anilines is 1. The minimum atomic E-state index is -2.88. The van der Waals surface area contributed by atoms with Crippen LogP contribution in [-0.4, -0.2) is 55.7 Å². The molecule has 164 valence electrons. The largest absolute Gasteiger partial charge is 0.397 e. The van der Waals surface area contributed by atoms with E-state index in [1.54, 1.807) is 0 Å². The summed E-state index contributed by atoms with van der Waals surface area (Å²) in [4.78, 5) is 2.20. The Morgan fingerprint density at radius 1 is 1.00 bits per heavy atom. The quantitative estimate of drug-likeness (QED) is 0.630. The maximum absolute atomic E-state index is 11.7. The first-order valence-corrected chi connectivity index (χ1v) is 12.8. The molecule has 0 spiro atoms. The molecule has 31 heavy (non-hydrogen) atoms. The van der Waals surface area contributed by atoms with Gasteiger partial charge in [-0.05, 0) is 42.2 Å². The van der Waals surface area contributed by atoms with E-state index in [2.05, 4.69) is 51.9 Å². The molecule has 3 aromatic rings. The fourth-order valence-corrected chi connectivity index (χ4v) is 6.16. The van der Waals surface area contributed by atoms with E-state index in [9.17, 15) is 8.42 Å². The van der Waals surface area contributed by atoms with Crippen LogP contribution in [-0.2, 0) is 21.1 Å². The Labute approximate surface area is 183 Å². The summed E-state index contributed by atoms with van der Waals surface area (Å²) in [6.07, 6.45) is 1.96. The molecule has 3 heterocycles. The van der Waals surface area contributed by atoms with Crippen molar-refractivity contribution in [2.24, 2.45) is 0 Å². The SMILES string of the molecule is Nc1cc(CN2CCS(=O)(=O)CC2)cc2cc(-c3ccccc3)n(C3CCOCC3)c12. The molecule has 0 amide bonds. The molecule has 0 radical (unpaired) electrons. The van der Waals surface area contributed by atoms with Crippen LogP contribution in [0.5, 0.6) is 0 Å². The molecule has 2 aliphatic heterocycles. The summed E-state index contributed by atoms with van der Waals surface area (Å²) in [6, 6.07) is 17.4. The second kappa shape index (κ2) is 8.30. The lowest BCUT2D eigenvalue weighted by Gasteiger charge is -2.28. The Balaban J connectivity index is 1.54. The van der Waals surface area contributed by atoms with Crippen LogP contribution in [0.3, 0.4) is 0 Å². The molecule has 0 bridgehead atoms. The van der Waals surface area contributed by atoms with Gasteiger partial charge in [-0.3, -0.25) is 4.90 Å². The predicted octanol–water partition coefficient (Wildman–Crippen LogP) is 3.47. The van der Waals surface area contributed by atoms with E-state index >= 15 is 0 Å². The summed E-state index contributed by atoms with van der Waals surface area (Å²) in [5.74, 6) is 0.478.